The van der Waals surface area contributed by atoms with Crippen LogP contribution in [0.5, 0.6) is 0 Å². The van der Waals surface area contributed by atoms with Crippen LogP contribution in [-0.4, -0.2) is 41.8 Å². The van der Waals surface area contributed by atoms with E-state index in [1.807, 2.05) is 0 Å². The minimum Gasteiger partial charge on any atom is -0.421 e. The molecule has 0 radical (unpaired) electrons. The van der Waals surface area contributed by atoms with E-state index in [1.54, 1.807) is 0 Å². The summed E-state index contributed by atoms with van der Waals surface area (Å²) in [6, 6.07) is 1.24. The van der Waals surface area contributed by atoms with Gasteiger partial charge in [0.15, 0.2) is 9.76 Å². The lowest BCUT2D eigenvalue weighted by atomic mass is 10.2. The molecular formula is C11H24O3Si. The van der Waals surface area contributed by atoms with Crippen LogP contribution in [0.4, 0.5) is 0 Å². The van der Waals surface area contributed by atoms with Gasteiger partial charge in [-0.1, -0.05) is 13.3 Å². The molecule has 0 bridgehead atoms. The normalized spacial score (nSPS) is 22.4. The summed E-state index contributed by atoms with van der Waals surface area (Å²) in [7, 11) is -0.299. The van der Waals surface area contributed by atoms with Crippen LogP contribution >= 0.6 is 0 Å². The Kier molecular flexibility index (Phi) is 7.26. The van der Waals surface area contributed by atoms with E-state index < -0.39 is 0 Å². The lowest BCUT2D eigenvalue weighted by molar-refractivity contribution is 0.116. The van der Waals surface area contributed by atoms with E-state index in [4.69, 9.17) is 13.9 Å². The predicted molar refractivity (Wildman–Crippen MR) is 64.0 cm³/mol. The molecule has 0 amide bonds. The Labute approximate surface area is 95.4 Å². The number of hydrogen-bond acceptors (Lipinski definition) is 3. The summed E-state index contributed by atoms with van der Waals surface area (Å²) in [5.74, 6) is 0. The highest BCUT2D eigenvalue weighted by molar-refractivity contribution is 6.27. The van der Waals surface area contributed by atoms with E-state index in [0.29, 0.717) is 12.2 Å². The minimum atomic E-state index is -0.299. The van der Waals surface area contributed by atoms with Crippen LogP contribution in [0.3, 0.4) is 0 Å². The van der Waals surface area contributed by atoms with Gasteiger partial charge in [-0.3, -0.25) is 0 Å². The molecule has 4 heteroatoms. The van der Waals surface area contributed by atoms with Gasteiger partial charge in [0.25, 0.3) is 0 Å². The maximum atomic E-state index is 5.78. The standard InChI is InChI=1S/C11H24O3Si/c1-3-5-10(2)14-15-7-4-6-12-8-11-9-13-11/h10-11H,3-9,15H2,1-2H3. The second kappa shape index (κ2) is 8.27. The van der Waals surface area contributed by atoms with Gasteiger partial charge in [-0.25, -0.2) is 0 Å². The fraction of sp³-hybridized carbons (Fsp3) is 1.00. The molecule has 90 valence electrons. The Morgan fingerprint density at radius 3 is 3.00 bits per heavy atom. The molecular weight excluding hydrogens is 208 g/mol. The first-order chi connectivity index (χ1) is 7.33. The van der Waals surface area contributed by atoms with Crippen molar-refractivity contribution in [3.05, 3.63) is 0 Å². The summed E-state index contributed by atoms with van der Waals surface area (Å²) in [6.45, 7) is 6.94. The predicted octanol–water partition coefficient (Wildman–Crippen LogP) is 1.50. The topological polar surface area (TPSA) is 31.0 Å². The fourth-order valence-corrected chi connectivity index (χ4v) is 2.60. The third-order valence-corrected chi connectivity index (χ3v) is 4.08. The molecule has 1 aliphatic rings. The van der Waals surface area contributed by atoms with E-state index in [0.717, 1.165) is 26.2 Å². The molecule has 0 aromatic heterocycles. The Balaban J connectivity index is 1.72. The van der Waals surface area contributed by atoms with Crippen LogP contribution in [0.15, 0.2) is 0 Å². The summed E-state index contributed by atoms with van der Waals surface area (Å²) in [4.78, 5) is 0. The number of hydrogen-bond donors (Lipinski definition) is 0. The SMILES string of the molecule is CCCC(C)O[SiH2]CCCOCC1CO1. The summed E-state index contributed by atoms with van der Waals surface area (Å²) >= 11 is 0. The van der Waals surface area contributed by atoms with Crippen molar-refractivity contribution in [2.45, 2.75) is 51.4 Å². The first-order valence-corrected chi connectivity index (χ1v) is 7.71. The zero-order valence-corrected chi connectivity index (χ0v) is 11.5. The van der Waals surface area contributed by atoms with Crippen molar-refractivity contribution in [2.24, 2.45) is 0 Å². The zero-order chi connectivity index (χ0) is 10.9. The molecule has 0 aromatic rings. The van der Waals surface area contributed by atoms with Gasteiger partial charge in [0.05, 0.1) is 13.2 Å². The van der Waals surface area contributed by atoms with Crippen molar-refractivity contribution >= 4 is 9.76 Å². The van der Waals surface area contributed by atoms with Crippen LogP contribution in [0.1, 0.15) is 33.1 Å². The molecule has 0 N–H and O–H groups in total. The van der Waals surface area contributed by atoms with Crippen LogP contribution in [0.25, 0.3) is 0 Å². The van der Waals surface area contributed by atoms with Gasteiger partial charge in [0.2, 0.25) is 0 Å². The van der Waals surface area contributed by atoms with Crippen LogP contribution in [0.2, 0.25) is 6.04 Å². The molecule has 0 aromatic carbocycles. The first-order valence-electron chi connectivity index (χ1n) is 6.14. The van der Waals surface area contributed by atoms with E-state index in [2.05, 4.69) is 13.8 Å². The average molecular weight is 232 g/mol. The quantitative estimate of drug-likeness (QED) is 0.325. The molecule has 1 fully saturated rings. The summed E-state index contributed by atoms with van der Waals surface area (Å²) < 4.78 is 16.3. The fourth-order valence-electron chi connectivity index (χ4n) is 1.46. The van der Waals surface area contributed by atoms with Crippen LogP contribution < -0.4 is 0 Å². The van der Waals surface area contributed by atoms with Crippen LogP contribution in [0, 0.1) is 0 Å². The van der Waals surface area contributed by atoms with Gasteiger partial charge in [0.1, 0.15) is 6.10 Å². The molecule has 0 saturated carbocycles. The Bertz CT molecular complexity index is 151. The van der Waals surface area contributed by atoms with E-state index in [9.17, 15) is 0 Å². The maximum Gasteiger partial charge on any atom is 0.162 e. The van der Waals surface area contributed by atoms with Gasteiger partial charge >= 0.3 is 0 Å². The largest absolute Gasteiger partial charge is 0.421 e. The molecule has 15 heavy (non-hydrogen) atoms. The van der Waals surface area contributed by atoms with Crippen molar-refractivity contribution < 1.29 is 13.9 Å². The van der Waals surface area contributed by atoms with Gasteiger partial charge < -0.3 is 13.9 Å². The highest BCUT2D eigenvalue weighted by atomic mass is 28.2. The average Bonchev–Trinajstić information content (AvgIpc) is 3.00. The Hall–Kier alpha value is 0.0969. The van der Waals surface area contributed by atoms with Gasteiger partial charge in [-0.15, -0.1) is 0 Å². The molecule has 2 unspecified atom stereocenters. The number of rotatable bonds is 10. The van der Waals surface area contributed by atoms with Crippen molar-refractivity contribution in [2.75, 3.05) is 19.8 Å². The van der Waals surface area contributed by atoms with Crippen molar-refractivity contribution in [1.82, 2.24) is 0 Å². The lowest BCUT2D eigenvalue weighted by Crippen LogP contribution is -2.11. The van der Waals surface area contributed by atoms with Gasteiger partial charge in [-0.2, -0.15) is 0 Å². The van der Waals surface area contributed by atoms with E-state index in [1.165, 1.54) is 18.9 Å². The highest BCUT2D eigenvalue weighted by Crippen LogP contribution is 2.08. The Morgan fingerprint density at radius 2 is 2.33 bits per heavy atom. The third-order valence-electron chi connectivity index (χ3n) is 2.49. The highest BCUT2D eigenvalue weighted by Gasteiger charge is 2.21. The van der Waals surface area contributed by atoms with Gasteiger partial charge in [0, 0.05) is 12.7 Å². The summed E-state index contributed by atoms with van der Waals surface area (Å²) in [5, 5.41) is 0. The molecule has 1 aliphatic heterocycles. The third kappa shape index (κ3) is 7.96. The second-order valence-electron chi connectivity index (χ2n) is 4.21. The molecule has 1 saturated heterocycles. The smallest absolute Gasteiger partial charge is 0.162 e. The zero-order valence-electron chi connectivity index (χ0n) is 10.0. The second-order valence-corrected chi connectivity index (χ2v) is 5.66. The first kappa shape index (κ1) is 13.2. The monoisotopic (exact) mass is 232 g/mol. The maximum absolute atomic E-state index is 5.78. The van der Waals surface area contributed by atoms with Crippen molar-refractivity contribution in [3.63, 3.8) is 0 Å². The molecule has 1 heterocycles. The van der Waals surface area contributed by atoms with Crippen LogP contribution in [-0.2, 0) is 13.9 Å². The van der Waals surface area contributed by atoms with E-state index >= 15 is 0 Å². The summed E-state index contributed by atoms with van der Waals surface area (Å²) in [5.41, 5.74) is 0. The van der Waals surface area contributed by atoms with E-state index in [-0.39, 0.29) is 9.76 Å². The summed E-state index contributed by atoms with van der Waals surface area (Å²) in [6.07, 6.45) is 4.45. The molecule has 0 spiro atoms. The molecule has 3 nitrogen and oxygen atoms in total. The van der Waals surface area contributed by atoms with Gasteiger partial charge in [-0.05, 0) is 25.8 Å². The number of epoxide rings is 1. The number of ether oxygens (including phenoxy) is 2. The van der Waals surface area contributed by atoms with Crippen molar-refractivity contribution in [1.29, 1.82) is 0 Å². The molecule has 2 atom stereocenters. The lowest BCUT2D eigenvalue weighted by Gasteiger charge is -2.11. The minimum absolute atomic E-state index is 0.299. The molecule has 1 rings (SSSR count). The molecule has 0 aliphatic carbocycles. The Morgan fingerprint density at radius 1 is 1.53 bits per heavy atom. The van der Waals surface area contributed by atoms with Crippen molar-refractivity contribution in [3.8, 4) is 0 Å².